The van der Waals surface area contributed by atoms with Gasteiger partial charge in [-0.2, -0.15) is 0 Å². The highest BCUT2D eigenvalue weighted by molar-refractivity contribution is 7.98. The van der Waals surface area contributed by atoms with Crippen molar-refractivity contribution >= 4 is 33.6 Å². The number of fused-ring (bicyclic) bond motifs is 2. The maximum Gasteiger partial charge on any atom is 0.266 e. The quantitative estimate of drug-likeness (QED) is 0.295. The van der Waals surface area contributed by atoms with Gasteiger partial charge < -0.3 is 0 Å². The van der Waals surface area contributed by atoms with Crippen LogP contribution >= 0.6 is 11.8 Å². The number of aryl methyl sites for hydroxylation is 1. The first kappa shape index (κ1) is 21.1. The molecule has 0 spiro atoms. The van der Waals surface area contributed by atoms with E-state index in [0.29, 0.717) is 49.8 Å². The lowest BCUT2D eigenvalue weighted by molar-refractivity contribution is 0.615. The van der Waals surface area contributed by atoms with Gasteiger partial charge in [-0.05, 0) is 48.9 Å². The number of rotatable bonds is 4. The molecule has 2 heterocycles. The summed E-state index contributed by atoms with van der Waals surface area (Å²) in [5.74, 6) is 0.449. The third kappa shape index (κ3) is 3.72. The van der Waals surface area contributed by atoms with E-state index in [-0.39, 0.29) is 11.1 Å². The van der Waals surface area contributed by atoms with Gasteiger partial charge in [-0.25, -0.2) is 14.4 Å². The van der Waals surface area contributed by atoms with E-state index in [1.807, 2.05) is 12.1 Å². The van der Waals surface area contributed by atoms with Crippen molar-refractivity contribution in [1.29, 1.82) is 0 Å². The fourth-order valence-corrected chi connectivity index (χ4v) is 4.68. The maximum absolute atomic E-state index is 14.3. The Morgan fingerprint density at radius 1 is 0.879 bits per heavy atom. The predicted octanol–water partition coefficient (Wildman–Crippen LogP) is 4.37. The largest absolute Gasteiger partial charge is 0.299 e. The Balaban J connectivity index is 1.64. The van der Waals surface area contributed by atoms with E-state index in [9.17, 15) is 14.0 Å². The second-order valence-corrected chi connectivity index (χ2v) is 8.63. The summed E-state index contributed by atoms with van der Waals surface area (Å²) < 4.78 is 17.3. The minimum atomic E-state index is -0.401. The van der Waals surface area contributed by atoms with Gasteiger partial charge >= 0.3 is 0 Å². The lowest BCUT2D eigenvalue weighted by atomic mass is 10.2. The Morgan fingerprint density at radius 3 is 2.21 bits per heavy atom. The highest BCUT2D eigenvalue weighted by atomic mass is 32.2. The van der Waals surface area contributed by atoms with Gasteiger partial charge in [0.15, 0.2) is 5.16 Å². The number of halogens is 1. The number of nitrogens with zero attached hydrogens (tertiary/aromatic N) is 4. The Labute approximate surface area is 192 Å². The van der Waals surface area contributed by atoms with Crippen LogP contribution in [0.2, 0.25) is 0 Å². The Morgan fingerprint density at radius 2 is 1.52 bits per heavy atom. The van der Waals surface area contributed by atoms with Crippen LogP contribution in [0.3, 0.4) is 0 Å². The van der Waals surface area contributed by atoms with Crippen LogP contribution in [0, 0.1) is 12.7 Å². The minimum Gasteiger partial charge on any atom is -0.299 e. The standard InChI is InChI=1S/C25H19FN4O2S/c1-15-11-12-16(13-19(15)26)30-24(32)18-8-4-6-10-21(18)28-25(30)33-14-22-27-20-9-5-3-7-17(20)23(31)29(22)2/h3-13H,14H2,1-2H3. The molecule has 164 valence electrons. The van der Waals surface area contributed by atoms with E-state index in [1.54, 1.807) is 62.5 Å². The molecular formula is C25H19FN4O2S. The predicted molar refractivity (Wildman–Crippen MR) is 129 cm³/mol. The molecule has 0 saturated heterocycles. The highest BCUT2D eigenvalue weighted by Crippen LogP contribution is 2.25. The first-order chi connectivity index (χ1) is 15.9. The normalized spacial score (nSPS) is 11.4. The fraction of sp³-hybridized carbons (Fsp3) is 0.120. The first-order valence-electron chi connectivity index (χ1n) is 10.3. The van der Waals surface area contributed by atoms with E-state index in [4.69, 9.17) is 0 Å². The average Bonchev–Trinajstić information content (AvgIpc) is 2.82. The molecule has 0 aliphatic rings. The minimum absolute atomic E-state index is 0.138. The van der Waals surface area contributed by atoms with Gasteiger partial charge in [0, 0.05) is 7.05 Å². The number of aromatic nitrogens is 4. The van der Waals surface area contributed by atoms with E-state index < -0.39 is 5.82 Å². The molecule has 0 aliphatic carbocycles. The molecule has 0 fully saturated rings. The van der Waals surface area contributed by atoms with Gasteiger partial charge in [-0.3, -0.25) is 18.7 Å². The van der Waals surface area contributed by atoms with E-state index in [1.165, 1.54) is 27.0 Å². The fourth-order valence-electron chi connectivity index (χ4n) is 3.68. The van der Waals surface area contributed by atoms with Crippen LogP contribution in [-0.2, 0) is 12.8 Å². The molecule has 0 saturated carbocycles. The van der Waals surface area contributed by atoms with Crippen molar-refractivity contribution < 1.29 is 4.39 Å². The zero-order valence-electron chi connectivity index (χ0n) is 17.9. The summed E-state index contributed by atoms with van der Waals surface area (Å²) in [5.41, 5.74) is 1.62. The number of hydrogen-bond acceptors (Lipinski definition) is 5. The molecule has 2 aromatic heterocycles. The zero-order valence-corrected chi connectivity index (χ0v) is 18.8. The number of thioether (sulfide) groups is 1. The van der Waals surface area contributed by atoms with Crippen LogP contribution in [0.4, 0.5) is 4.39 Å². The van der Waals surface area contributed by atoms with Gasteiger partial charge in [0.1, 0.15) is 11.6 Å². The summed E-state index contributed by atoms with van der Waals surface area (Å²) in [6, 6.07) is 18.9. The maximum atomic E-state index is 14.3. The molecule has 0 amide bonds. The van der Waals surface area contributed by atoms with E-state index in [0.717, 1.165) is 0 Å². The summed E-state index contributed by atoms with van der Waals surface area (Å²) in [4.78, 5) is 35.4. The SMILES string of the molecule is Cc1ccc(-n2c(SCc3nc4ccccc4c(=O)n3C)nc3ccccc3c2=O)cc1F. The second kappa shape index (κ2) is 8.29. The van der Waals surface area contributed by atoms with Gasteiger partial charge in [0.2, 0.25) is 0 Å². The van der Waals surface area contributed by atoms with Crippen LogP contribution in [0.1, 0.15) is 11.4 Å². The summed E-state index contributed by atoms with van der Waals surface area (Å²) in [6.07, 6.45) is 0. The molecule has 0 bridgehead atoms. The summed E-state index contributed by atoms with van der Waals surface area (Å²) in [5, 5.41) is 1.38. The molecule has 3 aromatic carbocycles. The van der Waals surface area contributed by atoms with Crippen molar-refractivity contribution in [2.45, 2.75) is 17.8 Å². The first-order valence-corrected chi connectivity index (χ1v) is 11.3. The van der Waals surface area contributed by atoms with Gasteiger partial charge in [0.25, 0.3) is 11.1 Å². The van der Waals surface area contributed by atoms with Crippen LogP contribution in [0.15, 0.2) is 81.5 Å². The van der Waals surface area contributed by atoms with Crippen molar-refractivity contribution in [3.8, 4) is 5.69 Å². The zero-order chi connectivity index (χ0) is 23.1. The Kier molecular flexibility index (Phi) is 5.30. The molecular weight excluding hydrogens is 439 g/mol. The summed E-state index contributed by atoms with van der Waals surface area (Å²) in [7, 11) is 1.67. The molecule has 0 aliphatic heterocycles. The monoisotopic (exact) mass is 458 g/mol. The van der Waals surface area contributed by atoms with E-state index in [2.05, 4.69) is 9.97 Å². The second-order valence-electron chi connectivity index (χ2n) is 7.68. The summed E-state index contributed by atoms with van der Waals surface area (Å²) in [6.45, 7) is 1.67. The molecule has 0 N–H and O–H groups in total. The lowest BCUT2D eigenvalue weighted by Gasteiger charge is -2.14. The molecule has 33 heavy (non-hydrogen) atoms. The molecule has 0 atom stereocenters. The van der Waals surface area contributed by atoms with Crippen molar-refractivity contribution in [1.82, 2.24) is 19.1 Å². The van der Waals surface area contributed by atoms with Gasteiger partial charge in [-0.15, -0.1) is 0 Å². The van der Waals surface area contributed by atoms with Crippen LogP contribution in [0.5, 0.6) is 0 Å². The topological polar surface area (TPSA) is 69.8 Å². The van der Waals surface area contributed by atoms with Crippen molar-refractivity contribution in [2.75, 3.05) is 0 Å². The highest BCUT2D eigenvalue weighted by Gasteiger charge is 2.16. The third-order valence-corrected chi connectivity index (χ3v) is 6.50. The van der Waals surface area contributed by atoms with Crippen LogP contribution < -0.4 is 11.1 Å². The number of benzene rings is 3. The molecule has 5 aromatic rings. The number of hydrogen-bond donors (Lipinski definition) is 0. The molecule has 8 heteroatoms. The Bertz CT molecular complexity index is 1660. The van der Waals surface area contributed by atoms with E-state index >= 15 is 0 Å². The third-order valence-electron chi connectivity index (χ3n) is 5.56. The average molecular weight is 459 g/mol. The van der Waals surface area contributed by atoms with Gasteiger partial charge in [0.05, 0.1) is 33.2 Å². The van der Waals surface area contributed by atoms with Crippen molar-refractivity contribution in [2.24, 2.45) is 7.05 Å². The summed E-state index contributed by atoms with van der Waals surface area (Å²) >= 11 is 1.27. The van der Waals surface area contributed by atoms with Crippen molar-refractivity contribution in [3.63, 3.8) is 0 Å². The smallest absolute Gasteiger partial charge is 0.266 e. The van der Waals surface area contributed by atoms with Crippen molar-refractivity contribution in [3.05, 3.63) is 105 Å². The van der Waals surface area contributed by atoms with Crippen LogP contribution in [-0.4, -0.2) is 19.1 Å². The van der Waals surface area contributed by atoms with Crippen LogP contribution in [0.25, 0.3) is 27.5 Å². The molecule has 0 radical (unpaired) electrons. The lowest BCUT2D eigenvalue weighted by Crippen LogP contribution is -2.23. The van der Waals surface area contributed by atoms with Gasteiger partial charge in [-0.1, -0.05) is 42.1 Å². The number of para-hydroxylation sites is 2. The Hall–Kier alpha value is -3.78. The molecule has 5 rings (SSSR count). The molecule has 6 nitrogen and oxygen atoms in total. The molecule has 0 unspecified atom stereocenters.